The molecule has 8 nitrogen and oxygen atoms in total. The summed E-state index contributed by atoms with van der Waals surface area (Å²) in [5.41, 5.74) is 1.08. The first-order valence-electron chi connectivity index (χ1n) is 10.4. The van der Waals surface area contributed by atoms with Gasteiger partial charge in [0.15, 0.2) is 4.32 Å². The molecule has 14 heteroatoms. The molecule has 3 aromatic carbocycles. The van der Waals surface area contributed by atoms with Gasteiger partial charge in [0.1, 0.15) is 5.75 Å². The SMILES string of the molecule is O=C(NN1C(=O)/C(=C\c2cccc(Oc3ccc(C(F)(F)F)cc3[N+](=O)[O-])c2)SC1=S)c1ccc(Cl)cc1. The fourth-order valence-corrected chi connectivity index (χ4v) is 4.51. The zero-order valence-corrected chi connectivity index (χ0v) is 21.1. The fraction of sp³-hybridized carbons (Fsp3) is 0.0417. The molecule has 0 atom stereocenters. The van der Waals surface area contributed by atoms with E-state index in [-0.39, 0.29) is 20.5 Å². The quantitative estimate of drug-likeness (QED) is 0.152. The number of hydrazine groups is 1. The number of nitro benzene ring substituents is 1. The van der Waals surface area contributed by atoms with Crippen LogP contribution in [0.5, 0.6) is 11.5 Å². The van der Waals surface area contributed by atoms with Gasteiger partial charge in [-0.1, -0.05) is 35.5 Å². The number of carbonyl (C=O) groups excluding carboxylic acids is 2. The number of rotatable bonds is 6. The van der Waals surface area contributed by atoms with E-state index in [1.54, 1.807) is 6.07 Å². The molecule has 0 aromatic heterocycles. The molecular weight excluding hydrogens is 567 g/mol. The summed E-state index contributed by atoms with van der Waals surface area (Å²) in [6, 6.07) is 13.9. The molecule has 1 heterocycles. The molecule has 0 bridgehead atoms. The molecule has 0 radical (unpaired) electrons. The Morgan fingerprint density at radius 2 is 1.84 bits per heavy atom. The van der Waals surface area contributed by atoms with Crippen LogP contribution in [0, 0.1) is 10.1 Å². The van der Waals surface area contributed by atoms with E-state index in [0.29, 0.717) is 22.7 Å². The molecule has 1 fully saturated rings. The number of nitro groups is 1. The first-order chi connectivity index (χ1) is 17.9. The minimum atomic E-state index is -4.76. The van der Waals surface area contributed by atoms with E-state index < -0.39 is 39.9 Å². The van der Waals surface area contributed by atoms with Gasteiger partial charge in [0.2, 0.25) is 5.75 Å². The molecule has 1 aliphatic heterocycles. The molecule has 38 heavy (non-hydrogen) atoms. The predicted molar refractivity (Wildman–Crippen MR) is 139 cm³/mol. The maximum absolute atomic E-state index is 13.0. The maximum Gasteiger partial charge on any atom is 0.416 e. The monoisotopic (exact) mass is 579 g/mol. The molecule has 0 saturated carbocycles. The molecular formula is C24H13ClF3N3O5S2. The highest BCUT2D eigenvalue weighted by Gasteiger charge is 2.35. The van der Waals surface area contributed by atoms with Crippen LogP contribution in [0.3, 0.4) is 0 Å². The van der Waals surface area contributed by atoms with Crippen molar-refractivity contribution in [1.82, 2.24) is 10.4 Å². The number of nitrogens with zero attached hydrogens (tertiary/aromatic N) is 2. The van der Waals surface area contributed by atoms with Crippen molar-refractivity contribution in [2.75, 3.05) is 0 Å². The Morgan fingerprint density at radius 3 is 2.50 bits per heavy atom. The number of hydrogen-bond acceptors (Lipinski definition) is 7. The average molecular weight is 580 g/mol. The van der Waals surface area contributed by atoms with E-state index in [1.807, 2.05) is 0 Å². The van der Waals surface area contributed by atoms with Crippen molar-refractivity contribution in [3.05, 3.63) is 103 Å². The van der Waals surface area contributed by atoms with Gasteiger partial charge in [0.05, 0.1) is 15.4 Å². The Balaban J connectivity index is 1.53. The third-order valence-electron chi connectivity index (χ3n) is 4.98. The van der Waals surface area contributed by atoms with Crippen LogP contribution in [0.15, 0.2) is 71.6 Å². The first kappa shape index (κ1) is 27.1. The van der Waals surface area contributed by atoms with Crippen LogP contribution in [0.1, 0.15) is 21.5 Å². The molecule has 0 aliphatic carbocycles. The molecule has 0 spiro atoms. The van der Waals surface area contributed by atoms with Crippen LogP contribution < -0.4 is 10.2 Å². The first-order valence-corrected chi connectivity index (χ1v) is 12.0. The van der Waals surface area contributed by atoms with E-state index >= 15 is 0 Å². The number of nitrogens with one attached hydrogen (secondary N) is 1. The van der Waals surface area contributed by atoms with Crippen LogP contribution in [-0.4, -0.2) is 26.1 Å². The molecule has 4 rings (SSSR count). The van der Waals surface area contributed by atoms with E-state index in [2.05, 4.69) is 5.43 Å². The average Bonchev–Trinajstić information content (AvgIpc) is 3.11. The van der Waals surface area contributed by atoms with E-state index in [1.165, 1.54) is 48.5 Å². The van der Waals surface area contributed by atoms with Crippen molar-refractivity contribution >= 4 is 63.5 Å². The van der Waals surface area contributed by atoms with Crippen LogP contribution in [0.25, 0.3) is 6.08 Å². The number of hydrogen-bond donors (Lipinski definition) is 1. The Hall–Kier alpha value is -3.94. The van der Waals surface area contributed by atoms with Gasteiger partial charge in [-0.2, -0.15) is 18.2 Å². The van der Waals surface area contributed by atoms with Gasteiger partial charge in [-0.15, -0.1) is 0 Å². The lowest BCUT2D eigenvalue weighted by Gasteiger charge is -2.15. The maximum atomic E-state index is 13.0. The summed E-state index contributed by atoms with van der Waals surface area (Å²) < 4.78 is 44.4. The number of alkyl halides is 3. The summed E-state index contributed by atoms with van der Waals surface area (Å²) in [5, 5.41) is 12.7. The van der Waals surface area contributed by atoms with Gasteiger partial charge < -0.3 is 4.74 Å². The van der Waals surface area contributed by atoms with Crippen LogP contribution in [0.2, 0.25) is 5.02 Å². The molecule has 3 aromatic rings. The van der Waals surface area contributed by atoms with Gasteiger partial charge in [-0.3, -0.25) is 25.1 Å². The van der Waals surface area contributed by atoms with Crippen molar-refractivity contribution in [3.8, 4) is 11.5 Å². The van der Waals surface area contributed by atoms with Gasteiger partial charge in [-0.05, 0) is 72.4 Å². The second-order valence-corrected chi connectivity index (χ2v) is 9.69. The van der Waals surface area contributed by atoms with Gasteiger partial charge >= 0.3 is 11.9 Å². The summed E-state index contributed by atoms with van der Waals surface area (Å²) in [4.78, 5) is 35.9. The van der Waals surface area contributed by atoms with E-state index in [4.69, 9.17) is 28.6 Å². The van der Waals surface area contributed by atoms with Gasteiger partial charge in [-0.25, -0.2) is 0 Å². The van der Waals surface area contributed by atoms with Gasteiger partial charge in [0.25, 0.3) is 11.8 Å². The number of thioether (sulfide) groups is 1. The number of benzene rings is 3. The Bertz CT molecular complexity index is 1500. The molecule has 1 N–H and O–H groups in total. The standard InChI is InChI=1S/C24H13ClF3N3O5S2/c25-16-7-4-14(5-8-16)21(32)29-30-22(33)20(38-23(30)37)11-13-2-1-3-17(10-13)36-19-9-6-15(24(26,27)28)12-18(19)31(34)35/h1-12H,(H,29,32)/b20-11+. The molecule has 194 valence electrons. The molecule has 1 saturated heterocycles. The van der Waals surface area contributed by atoms with Crippen LogP contribution >= 0.6 is 35.6 Å². The summed E-state index contributed by atoms with van der Waals surface area (Å²) in [6.07, 6.45) is -3.30. The fourth-order valence-electron chi connectivity index (χ4n) is 3.20. The number of ether oxygens (including phenoxy) is 1. The smallest absolute Gasteiger partial charge is 0.416 e. The van der Waals surface area contributed by atoms with Gasteiger partial charge in [0, 0.05) is 16.7 Å². The molecule has 2 amide bonds. The predicted octanol–water partition coefficient (Wildman–Crippen LogP) is 6.61. The Morgan fingerprint density at radius 1 is 1.13 bits per heavy atom. The minimum absolute atomic E-state index is 0.0770. The third kappa shape index (κ3) is 6.13. The van der Waals surface area contributed by atoms with Crippen molar-refractivity contribution in [2.45, 2.75) is 6.18 Å². The van der Waals surface area contributed by atoms with E-state index in [0.717, 1.165) is 22.8 Å². The molecule has 1 aliphatic rings. The summed E-state index contributed by atoms with van der Waals surface area (Å²) >= 11 is 12.0. The van der Waals surface area contributed by atoms with Crippen molar-refractivity contribution < 1.29 is 32.4 Å². The minimum Gasteiger partial charge on any atom is -0.450 e. The second-order valence-electron chi connectivity index (χ2n) is 7.58. The lowest BCUT2D eigenvalue weighted by atomic mass is 10.1. The lowest BCUT2D eigenvalue weighted by molar-refractivity contribution is -0.385. The Labute approximate surface area is 227 Å². The largest absolute Gasteiger partial charge is 0.450 e. The number of halogens is 4. The lowest BCUT2D eigenvalue weighted by Crippen LogP contribution is -2.44. The zero-order chi connectivity index (χ0) is 27.6. The second kappa shape index (κ2) is 10.8. The topological polar surface area (TPSA) is 102 Å². The third-order valence-corrected chi connectivity index (χ3v) is 6.53. The number of carbonyl (C=O) groups is 2. The van der Waals surface area contributed by atoms with E-state index in [9.17, 15) is 32.9 Å². The number of amides is 2. The highest BCUT2D eigenvalue weighted by atomic mass is 35.5. The summed E-state index contributed by atoms with van der Waals surface area (Å²) in [7, 11) is 0. The van der Waals surface area contributed by atoms with Crippen LogP contribution in [-0.2, 0) is 11.0 Å². The highest BCUT2D eigenvalue weighted by molar-refractivity contribution is 8.26. The number of thiocarbonyl (C=S) groups is 1. The van der Waals surface area contributed by atoms with Crippen molar-refractivity contribution in [1.29, 1.82) is 0 Å². The Kier molecular flexibility index (Phi) is 7.71. The van der Waals surface area contributed by atoms with Crippen molar-refractivity contribution in [3.63, 3.8) is 0 Å². The zero-order valence-electron chi connectivity index (χ0n) is 18.7. The normalized spacial score (nSPS) is 14.6. The van der Waals surface area contributed by atoms with Crippen molar-refractivity contribution in [2.24, 2.45) is 0 Å². The molecule has 0 unspecified atom stereocenters. The highest BCUT2D eigenvalue weighted by Crippen LogP contribution is 2.38. The van der Waals surface area contributed by atoms with Crippen LogP contribution in [0.4, 0.5) is 18.9 Å². The summed E-state index contributed by atoms with van der Waals surface area (Å²) in [6.45, 7) is 0. The summed E-state index contributed by atoms with van der Waals surface area (Å²) in [5.74, 6) is -1.48.